The van der Waals surface area contributed by atoms with Gasteiger partial charge in [0.2, 0.25) is 0 Å². The maximum absolute atomic E-state index is 13.4. The van der Waals surface area contributed by atoms with Gasteiger partial charge in [0.15, 0.2) is 0 Å². The average Bonchev–Trinajstić information content (AvgIpc) is 2.17. The number of halogens is 1. The second-order valence-corrected chi connectivity index (χ2v) is 4.39. The van der Waals surface area contributed by atoms with E-state index in [-0.39, 0.29) is 12.4 Å². The van der Waals surface area contributed by atoms with Crippen LogP contribution in [-0.4, -0.2) is 22.6 Å². The van der Waals surface area contributed by atoms with Crippen LogP contribution in [0.1, 0.15) is 25.0 Å². The van der Waals surface area contributed by atoms with Gasteiger partial charge < -0.3 is 10.2 Å². The Morgan fingerprint density at radius 2 is 2.20 bits per heavy atom. The Hall–Kier alpha value is -0.580. The molecule has 1 aromatic carbocycles. The van der Waals surface area contributed by atoms with Crippen molar-refractivity contribution in [1.29, 1.82) is 0 Å². The number of aliphatic hydroxyl groups excluding tert-OH is 2. The third-order valence-corrected chi connectivity index (χ3v) is 3.15. The lowest BCUT2D eigenvalue weighted by atomic mass is 10.1. The van der Waals surface area contributed by atoms with Crippen LogP contribution in [0.4, 0.5) is 4.39 Å². The highest BCUT2D eigenvalue weighted by Crippen LogP contribution is 2.29. The molecule has 0 fully saturated rings. The molecule has 2 nitrogen and oxygen atoms in total. The summed E-state index contributed by atoms with van der Waals surface area (Å²) in [5, 5.41) is 18.1. The van der Waals surface area contributed by atoms with E-state index in [1.807, 2.05) is 0 Å². The smallest absolute Gasteiger partial charge is 0.130 e. The molecule has 0 saturated carbocycles. The van der Waals surface area contributed by atoms with Crippen LogP contribution in [0.3, 0.4) is 0 Å². The average molecular weight is 230 g/mol. The SMILES string of the molecule is CC(O)c1c(F)cccc1SCCCO. The summed E-state index contributed by atoms with van der Waals surface area (Å²) in [5.41, 5.74) is 0.348. The standard InChI is InChI=1S/C11H15FO2S/c1-8(14)11-9(12)4-2-5-10(11)15-7-3-6-13/h2,4-5,8,13-14H,3,6-7H2,1H3. The molecule has 2 N–H and O–H groups in total. The van der Waals surface area contributed by atoms with Gasteiger partial charge in [-0.1, -0.05) is 6.07 Å². The van der Waals surface area contributed by atoms with Gasteiger partial charge >= 0.3 is 0 Å². The van der Waals surface area contributed by atoms with Gasteiger partial charge in [-0.25, -0.2) is 4.39 Å². The zero-order valence-corrected chi connectivity index (χ0v) is 9.43. The fraction of sp³-hybridized carbons (Fsp3) is 0.455. The molecule has 1 rings (SSSR count). The van der Waals surface area contributed by atoms with E-state index in [1.165, 1.54) is 17.8 Å². The van der Waals surface area contributed by atoms with E-state index in [0.29, 0.717) is 12.0 Å². The van der Waals surface area contributed by atoms with Gasteiger partial charge in [-0.2, -0.15) is 0 Å². The van der Waals surface area contributed by atoms with Gasteiger partial charge in [0.25, 0.3) is 0 Å². The maximum atomic E-state index is 13.4. The zero-order chi connectivity index (χ0) is 11.3. The van der Waals surface area contributed by atoms with E-state index in [4.69, 9.17) is 5.11 Å². The van der Waals surface area contributed by atoms with Crippen molar-refractivity contribution in [2.24, 2.45) is 0 Å². The maximum Gasteiger partial charge on any atom is 0.130 e. The Bertz CT molecular complexity index is 315. The molecule has 15 heavy (non-hydrogen) atoms. The molecular weight excluding hydrogens is 215 g/mol. The highest BCUT2D eigenvalue weighted by Gasteiger charge is 2.13. The highest BCUT2D eigenvalue weighted by molar-refractivity contribution is 7.99. The Balaban J connectivity index is 2.81. The van der Waals surface area contributed by atoms with Crippen LogP contribution in [0.25, 0.3) is 0 Å². The van der Waals surface area contributed by atoms with Crippen molar-refractivity contribution in [2.45, 2.75) is 24.3 Å². The number of hydrogen-bond acceptors (Lipinski definition) is 3. The van der Waals surface area contributed by atoms with E-state index in [0.717, 1.165) is 10.6 Å². The fourth-order valence-corrected chi connectivity index (χ4v) is 2.39. The summed E-state index contributed by atoms with van der Waals surface area (Å²) in [5.74, 6) is 0.346. The fourth-order valence-electron chi connectivity index (χ4n) is 1.30. The van der Waals surface area contributed by atoms with Crippen LogP contribution in [-0.2, 0) is 0 Å². The molecule has 1 aromatic rings. The normalized spacial score (nSPS) is 12.8. The molecule has 0 aliphatic carbocycles. The van der Waals surface area contributed by atoms with Crippen LogP contribution in [0.15, 0.2) is 23.1 Å². The molecule has 0 aliphatic heterocycles. The third kappa shape index (κ3) is 3.48. The Labute approximate surface area is 93.1 Å². The number of benzene rings is 1. The van der Waals surface area contributed by atoms with Gasteiger partial charge in [0.05, 0.1) is 6.10 Å². The van der Waals surface area contributed by atoms with E-state index >= 15 is 0 Å². The first-order valence-electron chi connectivity index (χ1n) is 4.87. The summed E-state index contributed by atoms with van der Waals surface area (Å²) in [6, 6.07) is 4.76. The zero-order valence-electron chi connectivity index (χ0n) is 8.61. The van der Waals surface area contributed by atoms with E-state index in [1.54, 1.807) is 19.1 Å². The van der Waals surface area contributed by atoms with Crippen molar-refractivity contribution in [3.63, 3.8) is 0 Å². The summed E-state index contributed by atoms with van der Waals surface area (Å²) < 4.78 is 13.4. The van der Waals surface area contributed by atoms with Crippen LogP contribution < -0.4 is 0 Å². The molecule has 0 heterocycles. The van der Waals surface area contributed by atoms with Gasteiger partial charge in [0, 0.05) is 22.8 Å². The summed E-state index contributed by atoms with van der Waals surface area (Å²) >= 11 is 1.45. The van der Waals surface area contributed by atoms with Gasteiger partial charge in [-0.3, -0.25) is 0 Å². The van der Waals surface area contributed by atoms with Crippen molar-refractivity contribution < 1.29 is 14.6 Å². The van der Waals surface area contributed by atoms with E-state index in [9.17, 15) is 9.50 Å². The first-order valence-corrected chi connectivity index (χ1v) is 5.85. The van der Waals surface area contributed by atoms with Gasteiger partial charge in [0.1, 0.15) is 5.82 Å². The Morgan fingerprint density at radius 3 is 2.80 bits per heavy atom. The van der Waals surface area contributed by atoms with Crippen molar-refractivity contribution in [3.05, 3.63) is 29.6 Å². The predicted octanol–water partition coefficient (Wildman–Crippen LogP) is 2.35. The van der Waals surface area contributed by atoms with Crippen molar-refractivity contribution in [1.82, 2.24) is 0 Å². The van der Waals surface area contributed by atoms with Crippen molar-refractivity contribution in [2.75, 3.05) is 12.4 Å². The lowest BCUT2D eigenvalue weighted by Crippen LogP contribution is -1.99. The van der Waals surface area contributed by atoms with E-state index < -0.39 is 6.10 Å². The van der Waals surface area contributed by atoms with Crippen LogP contribution >= 0.6 is 11.8 Å². The topological polar surface area (TPSA) is 40.5 Å². The minimum atomic E-state index is -0.803. The summed E-state index contributed by atoms with van der Waals surface area (Å²) in [6.07, 6.45) is -0.136. The van der Waals surface area contributed by atoms with Crippen LogP contribution in [0, 0.1) is 5.82 Å². The van der Waals surface area contributed by atoms with Gasteiger partial charge in [-0.15, -0.1) is 11.8 Å². The molecule has 84 valence electrons. The van der Waals surface area contributed by atoms with Crippen molar-refractivity contribution >= 4 is 11.8 Å². The molecule has 0 bridgehead atoms. The first-order chi connectivity index (χ1) is 7.16. The molecule has 1 unspecified atom stereocenters. The van der Waals surface area contributed by atoms with Crippen molar-refractivity contribution in [3.8, 4) is 0 Å². The summed E-state index contributed by atoms with van der Waals surface area (Å²) in [6.45, 7) is 1.68. The Kier molecular flexibility index (Phi) is 5.08. The summed E-state index contributed by atoms with van der Waals surface area (Å²) in [4.78, 5) is 0.749. The number of aliphatic hydroxyl groups is 2. The molecular formula is C11H15FO2S. The van der Waals surface area contributed by atoms with E-state index in [2.05, 4.69) is 0 Å². The Morgan fingerprint density at radius 1 is 1.47 bits per heavy atom. The monoisotopic (exact) mass is 230 g/mol. The minimum absolute atomic E-state index is 0.131. The first kappa shape index (κ1) is 12.5. The van der Waals surface area contributed by atoms with Crippen LogP contribution in [0.5, 0.6) is 0 Å². The number of hydrogen-bond donors (Lipinski definition) is 2. The molecule has 1 atom stereocenters. The molecule has 0 aromatic heterocycles. The molecule has 0 amide bonds. The second-order valence-electron chi connectivity index (χ2n) is 3.25. The largest absolute Gasteiger partial charge is 0.396 e. The molecule has 0 saturated heterocycles. The van der Waals surface area contributed by atoms with Crippen LogP contribution in [0.2, 0.25) is 0 Å². The predicted molar refractivity (Wildman–Crippen MR) is 59.5 cm³/mol. The highest BCUT2D eigenvalue weighted by atomic mass is 32.2. The number of thioether (sulfide) groups is 1. The second kappa shape index (κ2) is 6.10. The quantitative estimate of drug-likeness (QED) is 0.602. The lowest BCUT2D eigenvalue weighted by Gasteiger charge is -2.12. The molecule has 4 heteroatoms. The molecule has 0 radical (unpaired) electrons. The lowest BCUT2D eigenvalue weighted by molar-refractivity contribution is 0.191. The van der Waals surface area contributed by atoms with Gasteiger partial charge in [-0.05, 0) is 25.5 Å². The molecule has 0 spiro atoms. The number of rotatable bonds is 5. The summed E-state index contributed by atoms with van der Waals surface area (Å²) in [7, 11) is 0. The third-order valence-electron chi connectivity index (χ3n) is 1.99. The molecule has 0 aliphatic rings. The minimum Gasteiger partial charge on any atom is -0.396 e.